The van der Waals surface area contributed by atoms with Crippen LogP contribution in [-0.4, -0.2) is 17.4 Å². The number of carbonyl (C=O) groups is 1. The van der Waals surface area contributed by atoms with Gasteiger partial charge < -0.3 is 17.0 Å². The SMILES string of the molecule is CC(=O)N1CC[n+]2c(-c3cccc([N+](=O)[O-])c3)csc21.[Br-]. The summed E-state index contributed by atoms with van der Waals surface area (Å²) in [6.07, 6.45) is 0. The fourth-order valence-electron chi connectivity index (χ4n) is 2.35. The van der Waals surface area contributed by atoms with Crippen LogP contribution in [0.3, 0.4) is 0 Å². The highest BCUT2D eigenvalue weighted by Gasteiger charge is 2.35. The second kappa shape index (κ2) is 5.90. The molecular weight excluding hydrogens is 358 g/mol. The molecule has 1 aromatic heterocycles. The third-order valence-electron chi connectivity index (χ3n) is 3.31. The maximum absolute atomic E-state index is 11.5. The summed E-state index contributed by atoms with van der Waals surface area (Å²) in [5.74, 6) is 0.0173. The van der Waals surface area contributed by atoms with Crippen molar-refractivity contribution >= 4 is 28.1 Å². The highest BCUT2D eigenvalue weighted by molar-refractivity contribution is 7.13. The zero-order valence-electron chi connectivity index (χ0n) is 11.2. The predicted octanol–water partition coefficient (Wildman–Crippen LogP) is -1.02. The molecule has 0 saturated carbocycles. The molecule has 1 aliphatic rings. The van der Waals surface area contributed by atoms with E-state index in [-0.39, 0.29) is 28.6 Å². The molecule has 8 heteroatoms. The van der Waals surface area contributed by atoms with Gasteiger partial charge in [0, 0.05) is 30.0 Å². The number of non-ortho nitro benzene ring substituents is 1. The van der Waals surface area contributed by atoms with Gasteiger partial charge in [-0.2, -0.15) is 4.90 Å². The fraction of sp³-hybridized carbons (Fsp3) is 0.231. The van der Waals surface area contributed by atoms with Crippen molar-refractivity contribution in [2.75, 3.05) is 11.4 Å². The molecule has 21 heavy (non-hydrogen) atoms. The Morgan fingerprint density at radius 3 is 2.90 bits per heavy atom. The molecule has 0 radical (unpaired) electrons. The molecule has 0 aliphatic carbocycles. The molecule has 1 aliphatic heterocycles. The maximum atomic E-state index is 11.5. The largest absolute Gasteiger partial charge is 1.00 e. The van der Waals surface area contributed by atoms with Crippen LogP contribution in [0.1, 0.15) is 6.92 Å². The minimum absolute atomic E-state index is 0. The number of thiazole rings is 1. The van der Waals surface area contributed by atoms with Gasteiger partial charge in [-0.15, -0.1) is 0 Å². The summed E-state index contributed by atoms with van der Waals surface area (Å²) in [4.78, 5) is 23.7. The van der Waals surface area contributed by atoms with Gasteiger partial charge in [0.1, 0.15) is 18.8 Å². The van der Waals surface area contributed by atoms with Crippen LogP contribution in [0.15, 0.2) is 29.6 Å². The van der Waals surface area contributed by atoms with Gasteiger partial charge in [0.05, 0.1) is 4.92 Å². The molecule has 6 nitrogen and oxygen atoms in total. The van der Waals surface area contributed by atoms with Crippen LogP contribution in [0, 0.1) is 10.1 Å². The van der Waals surface area contributed by atoms with Gasteiger partial charge in [-0.1, -0.05) is 23.5 Å². The Bertz CT molecular complexity index is 716. The smallest absolute Gasteiger partial charge is 0.344 e. The van der Waals surface area contributed by atoms with Crippen molar-refractivity contribution in [3.05, 3.63) is 39.8 Å². The Morgan fingerprint density at radius 2 is 2.24 bits per heavy atom. The molecule has 0 unspecified atom stereocenters. The van der Waals surface area contributed by atoms with Gasteiger partial charge in [-0.25, -0.2) is 9.36 Å². The van der Waals surface area contributed by atoms with Crippen LogP contribution in [0.5, 0.6) is 0 Å². The van der Waals surface area contributed by atoms with Crippen molar-refractivity contribution < 1.29 is 31.3 Å². The lowest BCUT2D eigenvalue weighted by molar-refractivity contribution is -0.655. The first-order chi connectivity index (χ1) is 9.58. The normalized spacial score (nSPS) is 12.7. The van der Waals surface area contributed by atoms with E-state index < -0.39 is 4.92 Å². The molecular formula is C13H12BrN3O3S. The Morgan fingerprint density at radius 1 is 1.48 bits per heavy atom. The molecule has 2 aromatic rings. The fourth-order valence-corrected chi connectivity index (χ4v) is 3.50. The number of nitrogens with zero attached hydrogens (tertiary/aromatic N) is 3. The van der Waals surface area contributed by atoms with Crippen LogP contribution < -0.4 is 26.4 Å². The molecule has 0 atom stereocenters. The highest BCUT2D eigenvalue weighted by atomic mass is 79.9. The average molecular weight is 370 g/mol. The van der Waals surface area contributed by atoms with Gasteiger partial charge >= 0.3 is 11.0 Å². The molecule has 110 valence electrons. The van der Waals surface area contributed by atoms with Crippen LogP contribution in [-0.2, 0) is 11.3 Å². The van der Waals surface area contributed by atoms with E-state index in [1.54, 1.807) is 24.0 Å². The van der Waals surface area contributed by atoms with Crippen molar-refractivity contribution in [3.63, 3.8) is 0 Å². The van der Waals surface area contributed by atoms with E-state index in [9.17, 15) is 14.9 Å². The molecule has 1 amide bonds. The zero-order valence-corrected chi connectivity index (χ0v) is 13.6. The first kappa shape index (κ1) is 15.6. The number of halogens is 1. The van der Waals surface area contributed by atoms with Crippen molar-refractivity contribution in [1.29, 1.82) is 0 Å². The predicted molar refractivity (Wildman–Crippen MR) is 74.6 cm³/mol. The summed E-state index contributed by atoms with van der Waals surface area (Å²) < 4.78 is 2.03. The number of rotatable bonds is 2. The van der Waals surface area contributed by atoms with Crippen molar-refractivity contribution in [3.8, 4) is 11.3 Å². The van der Waals surface area contributed by atoms with Crippen molar-refractivity contribution in [2.45, 2.75) is 13.5 Å². The lowest BCUT2D eigenvalue weighted by Gasteiger charge is -2.00. The Kier molecular flexibility index (Phi) is 4.38. The summed E-state index contributed by atoms with van der Waals surface area (Å²) in [6, 6.07) is 6.56. The third kappa shape index (κ3) is 2.68. The summed E-state index contributed by atoms with van der Waals surface area (Å²) in [7, 11) is 0. The minimum atomic E-state index is -0.400. The number of hydrogen-bond acceptors (Lipinski definition) is 4. The molecule has 0 N–H and O–H groups in total. The van der Waals surface area contributed by atoms with Crippen molar-refractivity contribution in [2.24, 2.45) is 0 Å². The van der Waals surface area contributed by atoms with Gasteiger partial charge in [0.15, 0.2) is 0 Å². The van der Waals surface area contributed by atoms with Gasteiger partial charge in [0.2, 0.25) is 0 Å². The van der Waals surface area contributed by atoms with E-state index >= 15 is 0 Å². The number of anilines is 1. The summed E-state index contributed by atoms with van der Waals surface area (Å²) in [6.45, 7) is 2.92. The van der Waals surface area contributed by atoms with Crippen LogP contribution in [0.25, 0.3) is 11.3 Å². The first-order valence-electron chi connectivity index (χ1n) is 6.12. The number of nitro groups is 1. The van der Waals surface area contributed by atoms with Gasteiger partial charge in [-0.3, -0.25) is 10.1 Å². The minimum Gasteiger partial charge on any atom is -1.00 e. The number of aromatic nitrogens is 1. The number of benzene rings is 1. The quantitative estimate of drug-likeness (QED) is 0.386. The number of nitro benzene ring substituents is 1. The van der Waals surface area contributed by atoms with Crippen molar-refractivity contribution in [1.82, 2.24) is 0 Å². The molecule has 1 aromatic carbocycles. The van der Waals surface area contributed by atoms with E-state index in [0.29, 0.717) is 6.54 Å². The summed E-state index contributed by atoms with van der Waals surface area (Å²) >= 11 is 1.48. The molecule has 3 rings (SSSR count). The number of carbonyl (C=O) groups excluding carboxylic acids is 1. The molecule has 0 fully saturated rings. The number of fused-ring (bicyclic) bond motifs is 1. The summed E-state index contributed by atoms with van der Waals surface area (Å²) in [5, 5.41) is 13.7. The molecule has 0 bridgehead atoms. The molecule has 0 spiro atoms. The topological polar surface area (TPSA) is 67.3 Å². The number of amides is 1. The van der Waals surface area contributed by atoms with Crippen LogP contribution in [0.4, 0.5) is 10.8 Å². The Balaban J connectivity index is 0.00000161. The van der Waals surface area contributed by atoms with Crippen LogP contribution in [0.2, 0.25) is 0 Å². The van der Waals surface area contributed by atoms with Crippen LogP contribution >= 0.6 is 11.3 Å². The van der Waals surface area contributed by atoms with Gasteiger partial charge in [-0.05, 0) is 0 Å². The second-order valence-electron chi connectivity index (χ2n) is 4.53. The van der Waals surface area contributed by atoms with E-state index in [4.69, 9.17) is 0 Å². The van der Waals surface area contributed by atoms with E-state index in [2.05, 4.69) is 0 Å². The monoisotopic (exact) mass is 369 g/mol. The maximum Gasteiger partial charge on any atom is 0.344 e. The third-order valence-corrected chi connectivity index (χ3v) is 4.30. The Hall–Kier alpha value is -1.80. The van der Waals surface area contributed by atoms with E-state index in [1.165, 1.54) is 17.4 Å². The summed E-state index contributed by atoms with van der Waals surface area (Å²) in [5.41, 5.74) is 1.79. The Labute approximate surface area is 135 Å². The van der Waals surface area contributed by atoms with E-state index in [1.807, 2.05) is 16.0 Å². The second-order valence-corrected chi connectivity index (χ2v) is 5.37. The lowest BCUT2D eigenvalue weighted by Crippen LogP contribution is -3.00. The lowest BCUT2D eigenvalue weighted by atomic mass is 10.1. The first-order valence-corrected chi connectivity index (χ1v) is 7.00. The highest BCUT2D eigenvalue weighted by Crippen LogP contribution is 2.30. The van der Waals surface area contributed by atoms with E-state index in [0.717, 1.165) is 22.9 Å². The standard InChI is InChI=1S/C13H12N3O3S.BrH/c1-9(17)14-5-6-15-12(8-20-13(14)15)10-3-2-4-11(7-10)16(18)19;/h2-4,7-8H,5-6H2,1H3;1H/q+1;/p-1. The molecule has 2 heterocycles. The average Bonchev–Trinajstić information content (AvgIpc) is 2.99. The van der Waals surface area contributed by atoms with Gasteiger partial charge in [0.25, 0.3) is 5.69 Å². The number of hydrogen-bond donors (Lipinski definition) is 0. The zero-order chi connectivity index (χ0) is 14.3. The molecule has 0 saturated heterocycles.